The van der Waals surface area contributed by atoms with Crippen molar-refractivity contribution in [2.75, 3.05) is 20.1 Å². The van der Waals surface area contributed by atoms with E-state index in [2.05, 4.69) is 70.8 Å². The first-order valence-corrected chi connectivity index (χ1v) is 8.77. The van der Waals surface area contributed by atoms with Crippen molar-refractivity contribution in [3.05, 3.63) is 47.1 Å². The Morgan fingerprint density at radius 1 is 1.19 bits per heavy atom. The van der Waals surface area contributed by atoms with E-state index in [-0.39, 0.29) is 29.4 Å². The molecule has 0 radical (unpaired) electrons. The molecule has 2 rings (SSSR count). The van der Waals surface area contributed by atoms with Crippen LogP contribution in [0.4, 0.5) is 0 Å². The molecule has 0 bridgehead atoms. The minimum absolute atomic E-state index is 0. The number of aromatic nitrogens is 2. The molecule has 0 aliphatic heterocycles. The number of hydrogen-bond acceptors (Lipinski definition) is 4. The van der Waals surface area contributed by atoms with Crippen molar-refractivity contribution in [3.8, 4) is 0 Å². The fourth-order valence-corrected chi connectivity index (χ4v) is 2.55. The Labute approximate surface area is 173 Å². The number of nitrogens with one attached hydrogen (secondary N) is 2. The summed E-state index contributed by atoms with van der Waals surface area (Å²) >= 11 is 0. The van der Waals surface area contributed by atoms with E-state index in [4.69, 9.17) is 4.52 Å². The number of aliphatic imine (C=N–C) groups is 1. The van der Waals surface area contributed by atoms with Crippen molar-refractivity contribution in [3.63, 3.8) is 0 Å². The van der Waals surface area contributed by atoms with Gasteiger partial charge in [0, 0.05) is 32.0 Å². The van der Waals surface area contributed by atoms with Crippen LogP contribution in [0, 0.1) is 6.92 Å². The van der Waals surface area contributed by atoms with Gasteiger partial charge in [0.25, 0.3) is 0 Å². The third-order valence-corrected chi connectivity index (χ3v) is 4.27. The standard InChI is InChI=1S/C19H29N5O.HI/c1-6-15-7-9-16(10-8-15)19(3,4)13-22-18(20-5)21-12-11-17-23-14(2)24-25-17;/h7-10H,6,11-13H2,1-5H3,(H2,20,21,22);1H. The topological polar surface area (TPSA) is 75.3 Å². The van der Waals surface area contributed by atoms with Gasteiger partial charge in [0.15, 0.2) is 11.8 Å². The first-order valence-electron chi connectivity index (χ1n) is 8.77. The maximum atomic E-state index is 5.11. The van der Waals surface area contributed by atoms with Crippen LogP contribution in [0.15, 0.2) is 33.8 Å². The van der Waals surface area contributed by atoms with Gasteiger partial charge in [-0.2, -0.15) is 4.98 Å². The molecule has 2 aromatic rings. The van der Waals surface area contributed by atoms with E-state index in [0.717, 1.165) is 18.9 Å². The zero-order valence-electron chi connectivity index (χ0n) is 16.3. The molecular formula is C19H30IN5O. The van der Waals surface area contributed by atoms with Gasteiger partial charge in [-0.25, -0.2) is 0 Å². The molecular weight excluding hydrogens is 441 g/mol. The molecule has 0 atom stereocenters. The minimum atomic E-state index is 0. The van der Waals surface area contributed by atoms with E-state index in [9.17, 15) is 0 Å². The SMILES string of the molecule is CCc1ccc(C(C)(C)CNC(=NC)NCCc2nc(C)no2)cc1.I. The number of aryl methyl sites for hydroxylation is 2. The predicted molar refractivity (Wildman–Crippen MR) is 116 cm³/mol. The lowest BCUT2D eigenvalue weighted by atomic mass is 9.84. The lowest BCUT2D eigenvalue weighted by Gasteiger charge is -2.27. The Morgan fingerprint density at radius 3 is 2.42 bits per heavy atom. The van der Waals surface area contributed by atoms with E-state index < -0.39 is 0 Å². The number of rotatable bonds is 7. The minimum Gasteiger partial charge on any atom is -0.356 e. The van der Waals surface area contributed by atoms with Crippen molar-refractivity contribution >= 4 is 29.9 Å². The molecule has 0 aliphatic rings. The second-order valence-electron chi connectivity index (χ2n) is 6.77. The molecule has 6 nitrogen and oxygen atoms in total. The van der Waals surface area contributed by atoms with Crippen molar-refractivity contribution in [2.45, 2.75) is 46.0 Å². The zero-order chi connectivity index (χ0) is 18.3. The van der Waals surface area contributed by atoms with Crippen LogP contribution in [0.2, 0.25) is 0 Å². The Balaban J connectivity index is 0.00000338. The van der Waals surface area contributed by atoms with Gasteiger partial charge in [-0.05, 0) is 24.5 Å². The summed E-state index contributed by atoms with van der Waals surface area (Å²) in [6.07, 6.45) is 1.73. The molecule has 0 aliphatic carbocycles. The summed E-state index contributed by atoms with van der Waals surface area (Å²) in [5.74, 6) is 2.07. The predicted octanol–water partition coefficient (Wildman–Crippen LogP) is 3.24. The Hall–Kier alpha value is -1.64. The second kappa shape index (κ2) is 10.5. The molecule has 2 N–H and O–H groups in total. The number of benzene rings is 1. The fourth-order valence-electron chi connectivity index (χ4n) is 2.55. The van der Waals surface area contributed by atoms with Gasteiger partial charge in [0.2, 0.25) is 5.89 Å². The molecule has 1 aromatic heterocycles. The van der Waals surface area contributed by atoms with Crippen LogP contribution in [0.25, 0.3) is 0 Å². The second-order valence-corrected chi connectivity index (χ2v) is 6.77. The van der Waals surface area contributed by atoms with Crippen LogP contribution in [0.5, 0.6) is 0 Å². The fraction of sp³-hybridized carbons (Fsp3) is 0.526. The highest BCUT2D eigenvalue weighted by molar-refractivity contribution is 14.0. The summed E-state index contributed by atoms with van der Waals surface area (Å²) in [7, 11) is 1.77. The van der Waals surface area contributed by atoms with Gasteiger partial charge in [-0.1, -0.05) is 50.2 Å². The molecule has 144 valence electrons. The van der Waals surface area contributed by atoms with Crippen molar-refractivity contribution in [2.24, 2.45) is 4.99 Å². The molecule has 0 amide bonds. The summed E-state index contributed by atoms with van der Waals surface area (Å²) in [6, 6.07) is 8.84. The summed E-state index contributed by atoms with van der Waals surface area (Å²) < 4.78 is 5.11. The van der Waals surface area contributed by atoms with Crippen LogP contribution in [0.3, 0.4) is 0 Å². The normalized spacial score (nSPS) is 11.8. The molecule has 0 saturated heterocycles. The van der Waals surface area contributed by atoms with Gasteiger partial charge < -0.3 is 15.2 Å². The Morgan fingerprint density at radius 2 is 1.88 bits per heavy atom. The third-order valence-electron chi connectivity index (χ3n) is 4.27. The van der Waals surface area contributed by atoms with Gasteiger partial charge in [-0.15, -0.1) is 24.0 Å². The summed E-state index contributed by atoms with van der Waals surface area (Å²) in [5.41, 5.74) is 2.68. The summed E-state index contributed by atoms with van der Waals surface area (Å²) in [4.78, 5) is 8.47. The largest absolute Gasteiger partial charge is 0.356 e. The van der Waals surface area contributed by atoms with Crippen LogP contribution in [-0.2, 0) is 18.3 Å². The highest BCUT2D eigenvalue weighted by Crippen LogP contribution is 2.22. The van der Waals surface area contributed by atoms with E-state index in [1.807, 2.05) is 6.92 Å². The van der Waals surface area contributed by atoms with E-state index >= 15 is 0 Å². The first kappa shape index (κ1) is 22.4. The first-order chi connectivity index (χ1) is 11.9. The van der Waals surface area contributed by atoms with Crippen LogP contribution >= 0.6 is 24.0 Å². The number of nitrogens with zero attached hydrogens (tertiary/aromatic N) is 3. The maximum Gasteiger partial charge on any atom is 0.228 e. The molecule has 1 heterocycles. The monoisotopic (exact) mass is 471 g/mol. The molecule has 0 fully saturated rings. The number of halogens is 1. The van der Waals surface area contributed by atoms with Gasteiger partial charge in [0.05, 0.1) is 0 Å². The van der Waals surface area contributed by atoms with Crippen LogP contribution in [-0.4, -0.2) is 36.2 Å². The highest BCUT2D eigenvalue weighted by atomic mass is 127. The Bertz CT molecular complexity index is 694. The smallest absolute Gasteiger partial charge is 0.228 e. The van der Waals surface area contributed by atoms with Crippen molar-refractivity contribution in [1.29, 1.82) is 0 Å². The number of guanidine groups is 1. The lowest BCUT2D eigenvalue weighted by molar-refractivity contribution is 0.374. The van der Waals surface area contributed by atoms with Gasteiger partial charge in [0.1, 0.15) is 0 Å². The maximum absolute atomic E-state index is 5.11. The zero-order valence-corrected chi connectivity index (χ0v) is 18.6. The third kappa shape index (κ3) is 6.59. The highest BCUT2D eigenvalue weighted by Gasteiger charge is 2.20. The molecule has 0 spiro atoms. The Kier molecular flexibility index (Phi) is 9.04. The molecule has 0 unspecified atom stereocenters. The van der Waals surface area contributed by atoms with Crippen LogP contribution < -0.4 is 10.6 Å². The van der Waals surface area contributed by atoms with Crippen LogP contribution in [0.1, 0.15) is 43.6 Å². The molecule has 1 aromatic carbocycles. The van der Waals surface area contributed by atoms with Crippen molar-refractivity contribution in [1.82, 2.24) is 20.8 Å². The summed E-state index contributed by atoms with van der Waals surface area (Å²) in [6.45, 7) is 9.93. The lowest BCUT2D eigenvalue weighted by Crippen LogP contribution is -2.44. The summed E-state index contributed by atoms with van der Waals surface area (Å²) in [5, 5.41) is 10.5. The van der Waals surface area contributed by atoms with Crippen molar-refractivity contribution < 1.29 is 4.52 Å². The van der Waals surface area contributed by atoms with E-state index in [1.165, 1.54) is 11.1 Å². The van der Waals surface area contributed by atoms with Gasteiger partial charge >= 0.3 is 0 Å². The van der Waals surface area contributed by atoms with E-state index in [0.29, 0.717) is 24.7 Å². The average Bonchev–Trinajstić information content (AvgIpc) is 3.03. The molecule has 0 saturated carbocycles. The quantitative estimate of drug-likeness (QED) is 0.369. The van der Waals surface area contributed by atoms with Gasteiger partial charge in [-0.3, -0.25) is 4.99 Å². The molecule has 7 heteroatoms. The molecule has 26 heavy (non-hydrogen) atoms. The number of hydrogen-bond donors (Lipinski definition) is 2. The average molecular weight is 471 g/mol. The van der Waals surface area contributed by atoms with E-state index in [1.54, 1.807) is 7.05 Å².